The van der Waals surface area contributed by atoms with E-state index >= 15 is 0 Å². The number of hydrogen-bond acceptors (Lipinski definition) is 4. The second-order valence-corrected chi connectivity index (χ2v) is 5.97. The minimum Gasteiger partial charge on any atom is -0.454 e. The zero-order valence-electron chi connectivity index (χ0n) is 12.8. The Bertz CT molecular complexity index is 634. The molecule has 0 radical (unpaired) electrons. The molecule has 5 nitrogen and oxygen atoms in total. The zero-order chi connectivity index (χ0) is 14.8. The molecule has 1 aromatic heterocycles. The Kier molecular flexibility index (Phi) is 4.01. The number of ether oxygens (including phenoxy) is 2. The summed E-state index contributed by atoms with van der Waals surface area (Å²) in [7, 11) is 0. The van der Waals surface area contributed by atoms with Crippen molar-refractivity contribution in [3.8, 4) is 11.5 Å². The Morgan fingerprint density at radius 3 is 2.71 bits per heavy atom. The topological polar surface area (TPSA) is 62.3 Å². The summed E-state index contributed by atoms with van der Waals surface area (Å²) in [5.41, 5.74) is 7.73. The molecular weight excluding hydrogens is 266 g/mol. The highest BCUT2D eigenvalue weighted by atomic mass is 16.7. The predicted molar refractivity (Wildman–Crippen MR) is 82.7 cm³/mol. The lowest BCUT2D eigenvalue weighted by molar-refractivity contribution is 0.174. The number of unbranched alkanes of at least 4 members (excludes halogenated alkanes) is 1. The highest BCUT2D eigenvalue weighted by molar-refractivity contribution is 5.81. The molecule has 114 valence electrons. The number of rotatable bonds is 6. The van der Waals surface area contributed by atoms with Crippen LogP contribution in [0.3, 0.4) is 0 Å². The number of hydrogen-bond donors (Lipinski definition) is 1. The Hall–Kier alpha value is -1.75. The van der Waals surface area contributed by atoms with Crippen molar-refractivity contribution < 1.29 is 9.47 Å². The highest BCUT2D eigenvalue weighted by Crippen LogP contribution is 2.36. The second kappa shape index (κ2) is 5.93. The summed E-state index contributed by atoms with van der Waals surface area (Å²) in [6.07, 6.45) is 3.08. The van der Waals surface area contributed by atoms with Gasteiger partial charge in [-0.3, -0.25) is 0 Å². The summed E-state index contributed by atoms with van der Waals surface area (Å²) in [4.78, 5) is 4.81. The number of aryl methyl sites for hydroxylation is 1. The average molecular weight is 289 g/mol. The molecule has 0 aliphatic carbocycles. The second-order valence-electron chi connectivity index (χ2n) is 5.97. The van der Waals surface area contributed by atoms with Crippen molar-refractivity contribution in [1.29, 1.82) is 0 Å². The van der Waals surface area contributed by atoms with Crippen molar-refractivity contribution in [3.05, 3.63) is 18.0 Å². The van der Waals surface area contributed by atoms with Gasteiger partial charge in [0.15, 0.2) is 11.5 Å². The first-order chi connectivity index (χ1) is 10.2. The maximum Gasteiger partial charge on any atom is 0.231 e. The van der Waals surface area contributed by atoms with E-state index in [1.807, 2.05) is 6.07 Å². The van der Waals surface area contributed by atoms with Gasteiger partial charge in [0.1, 0.15) is 5.82 Å². The van der Waals surface area contributed by atoms with Gasteiger partial charge in [0, 0.05) is 25.1 Å². The molecule has 3 rings (SSSR count). The summed E-state index contributed by atoms with van der Waals surface area (Å²) in [5.74, 6) is 3.33. The van der Waals surface area contributed by atoms with E-state index in [4.69, 9.17) is 20.2 Å². The summed E-state index contributed by atoms with van der Waals surface area (Å²) < 4.78 is 13.3. The van der Waals surface area contributed by atoms with Crippen molar-refractivity contribution in [2.75, 3.05) is 13.3 Å². The van der Waals surface area contributed by atoms with Crippen LogP contribution in [0.4, 0.5) is 0 Å². The maximum absolute atomic E-state index is 5.61. The fourth-order valence-electron chi connectivity index (χ4n) is 2.75. The van der Waals surface area contributed by atoms with Gasteiger partial charge in [0.05, 0.1) is 11.0 Å². The van der Waals surface area contributed by atoms with Crippen LogP contribution in [0.5, 0.6) is 11.5 Å². The number of nitrogens with zero attached hydrogens (tertiary/aromatic N) is 2. The molecule has 1 aliphatic heterocycles. The molecule has 0 bridgehead atoms. The fraction of sp³-hybridized carbons (Fsp3) is 0.562. The van der Waals surface area contributed by atoms with Crippen molar-refractivity contribution in [2.45, 2.75) is 39.7 Å². The Balaban J connectivity index is 2.00. The Labute approximate surface area is 125 Å². The molecule has 0 fully saturated rings. The first-order valence-electron chi connectivity index (χ1n) is 7.68. The van der Waals surface area contributed by atoms with Gasteiger partial charge in [-0.05, 0) is 25.3 Å². The van der Waals surface area contributed by atoms with E-state index < -0.39 is 0 Å². The molecule has 0 spiro atoms. The SMILES string of the molecule is CC(C)Cc1nc2cc3c(cc2n1CCCCN)OCO3. The smallest absolute Gasteiger partial charge is 0.231 e. The van der Waals surface area contributed by atoms with Gasteiger partial charge in [0.2, 0.25) is 6.79 Å². The van der Waals surface area contributed by atoms with Crippen LogP contribution >= 0.6 is 0 Å². The minimum absolute atomic E-state index is 0.300. The Morgan fingerprint density at radius 2 is 2.00 bits per heavy atom. The highest BCUT2D eigenvalue weighted by Gasteiger charge is 2.19. The van der Waals surface area contributed by atoms with Crippen LogP contribution in [0.1, 0.15) is 32.5 Å². The van der Waals surface area contributed by atoms with Gasteiger partial charge in [0.25, 0.3) is 0 Å². The van der Waals surface area contributed by atoms with E-state index in [9.17, 15) is 0 Å². The van der Waals surface area contributed by atoms with Crippen LogP contribution < -0.4 is 15.2 Å². The molecule has 0 amide bonds. The average Bonchev–Trinajstić information content (AvgIpc) is 3.00. The largest absolute Gasteiger partial charge is 0.454 e. The van der Waals surface area contributed by atoms with Gasteiger partial charge < -0.3 is 19.8 Å². The summed E-state index contributed by atoms with van der Waals surface area (Å²) in [6, 6.07) is 4.04. The molecule has 1 aromatic carbocycles. The maximum atomic E-state index is 5.61. The van der Waals surface area contributed by atoms with E-state index in [1.54, 1.807) is 0 Å². The van der Waals surface area contributed by atoms with Gasteiger partial charge >= 0.3 is 0 Å². The fourth-order valence-corrected chi connectivity index (χ4v) is 2.75. The number of fused-ring (bicyclic) bond motifs is 2. The lowest BCUT2D eigenvalue weighted by atomic mass is 10.1. The molecule has 0 saturated carbocycles. The molecule has 5 heteroatoms. The van der Waals surface area contributed by atoms with Gasteiger partial charge in [-0.25, -0.2) is 4.98 Å². The summed E-state index contributed by atoms with van der Waals surface area (Å²) >= 11 is 0. The van der Waals surface area contributed by atoms with Gasteiger partial charge in [-0.15, -0.1) is 0 Å². The minimum atomic E-state index is 0.300. The first kappa shape index (κ1) is 14.2. The third kappa shape index (κ3) is 2.83. The van der Waals surface area contributed by atoms with Gasteiger partial charge in [-0.2, -0.15) is 0 Å². The van der Waals surface area contributed by atoms with E-state index in [1.165, 1.54) is 0 Å². The summed E-state index contributed by atoms with van der Waals surface area (Å²) in [6.45, 7) is 6.42. The van der Waals surface area contributed by atoms with Crippen LogP contribution in [-0.4, -0.2) is 22.9 Å². The molecule has 2 heterocycles. The lowest BCUT2D eigenvalue weighted by Crippen LogP contribution is -2.08. The van der Waals surface area contributed by atoms with Crippen molar-refractivity contribution in [1.82, 2.24) is 9.55 Å². The Morgan fingerprint density at radius 1 is 1.24 bits per heavy atom. The standard InChI is InChI=1S/C16H23N3O2/c1-11(2)7-16-18-12-8-14-15(21-10-20-14)9-13(12)19(16)6-4-3-5-17/h8-9,11H,3-7,10,17H2,1-2H3. The number of aromatic nitrogens is 2. The van der Waals surface area contributed by atoms with Gasteiger partial charge in [-0.1, -0.05) is 13.8 Å². The molecule has 2 aromatic rings. The molecule has 21 heavy (non-hydrogen) atoms. The zero-order valence-corrected chi connectivity index (χ0v) is 12.8. The monoisotopic (exact) mass is 289 g/mol. The third-order valence-corrected chi connectivity index (χ3v) is 3.75. The lowest BCUT2D eigenvalue weighted by Gasteiger charge is -2.10. The molecular formula is C16H23N3O2. The molecule has 0 unspecified atom stereocenters. The third-order valence-electron chi connectivity index (χ3n) is 3.75. The predicted octanol–water partition coefficient (Wildman–Crippen LogP) is 2.70. The van der Waals surface area contributed by atoms with E-state index in [0.717, 1.165) is 60.7 Å². The van der Waals surface area contributed by atoms with Crippen LogP contribution in [0.15, 0.2) is 12.1 Å². The van der Waals surface area contributed by atoms with Crippen molar-refractivity contribution >= 4 is 11.0 Å². The van der Waals surface area contributed by atoms with Crippen LogP contribution in [0.2, 0.25) is 0 Å². The van der Waals surface area contributed by atoms with Crippen LogP contribution in [0.25, 0.3) is 11.0 Å². The van der Waals surface area contributed by atoms with E-state index in [2.05, 4.69) is 24.5 Å². The molecule has 0 saturated heterocycles. The normalized spacial score (nSPS) is 13.5. The van der Waals surface area contributed by atoms with Crippen molar-refractivity contribution in [2.24, 2.45) is 11.7 Å². The van der Waals surface area contributed by atoms with Crippen molar-refractivity contribution in [3.63, 3.8) is 0 Å². The van der Waals surface area contributed by atoms with Crippen LogP contribution in [0, 0.1) is 5.92 Å². The number of imidazole rings is 1. The number of nitrogens with two attached hydrogens (primary N) is 1. The summed E-state index contributed by atoms with van der Waals surface area (Å²) in [5, 5.41) is 0. The molecule has 0 atom stereocenters. The van der Waals surface area contributed by atoms with E-state index in [0.29, 0.717) is 12.7 Å². The quantitative estimate of drug-likeness (QED) is 0.831. The van der Waals surface area contributed by atoms with Crippen LogP contribution in [-0.2, 0) is 13.0 Å². The first-order valence-corrected chi connectivity index (χ1v) is 7.68. The van der Waals surface area contributed by atoms with E-state index in [-0.39, 0.29) is 0 Å². The molecule has 2 N–H and O–H groups in total. The number of benzene rings is 1. The molecule has 1 aliphatic rings.